The summed E-state index contributed by atoms with van der Waals surface area (Å²) in [5.41, 5.74) is 2.36. The number of fused-ring (bicyclic) bond motifs is 1. The molecule has 0 unspecified atom stereocenters. The van der Waals surface area contributed by atoms with E-state index in [4.69, 9.17) is 5.11 Å². The normalized spacial score (nSPS) is 23.6. The SMILES string of the molecule is Cn1cc([C@@H]2C[C@H]2C(=O)O)c2ccccc21. The van der Waals surface area contributed by atoms with Crippen molar-refractivity contribution >= 4 is 16.9 Å². The maximum Gasteiger partial charge on any atom is 0.307 e. The lowest BCUT2D eigenvalue weighted by Gasteiger charge is -1.95. The topological polar surface area (TPSA) is 42.2 Å². The largest absolute Gasteiger partial charge is 0.481 e. The van der Waals surface area contributed by atoms with Gasteiger partial charge >= 0.3 is 5.97 Å². The Morgan fingerprint density at radius 3 is 2.88 bits per heavy atom. The molecule has 0 bridgehead atoms. The molecule has 0 aliphatic heterocycles. The molecule has 82 valence electrons. The van der Waals surface area contributed by atoms with E-state index < -0.39 is 5.97 Å². The van der Waals surface area contributed by atoms with Crippen molar-refractivity contribution < 1.29 is 9.90 Å². The van der Waals surface area contributed by atoms with Crippen molar-refractivity contribution in [3.05, 3.63) is 36.0 Å². The molecule has 1 heterocycles. The van der Waals surface area contributed by atoms with E-state index in [1.54, 1.807) is 0 Å². The van der Waals surface area contributed by atoms with Crippen molar-refractivity contribution in [1.29, 1.82) is 0 Å². The number of aryl methyl sites for hydroxylation is 1. The number of nitrogens with zero attached hydrogens (tertiary/aromatic N) is 1. The van der Waals surface area contributed by atoms with Crippen molar-refractivity contribution in [3.63, 3.8) is 0 Å². The van der Waals surface area contributed by atoms with Gasteiger partial charge in [-0.1, -0.05) is 18.2 Å². The number of carboxylic acids is 1. The molecular weight excluding hydrogens is 202 g/mol. The van der Waals surface area contributed by atoms with Crippen LogP contribution in [-0.4, -0.2) is 15.6 Å². The van der Waals surface area contributed by atoms with Gasteiger partial charge < -0.3 is 9.67 Å². The first-order valence-electron chi connectivity index (χ1n) is 5.45. The van der Waals surface area contributed by atoms with Crippen molar-refractivity contribution in [2.45, 2.75) is 12.3 Å². The molecule has 0 saturated heterocycles. The van der Waals surface area contributed by atoms with Gasteiger partial charge in [0.1, 0.15) is 0 Å². The number of rotatable bonds is 2. The van der Waals surface area contributed by atoms with Gasteiger partial charge in [0, 0.05) is 30.1 Å². The molecule has 0 radical (unpaired) electrons. The van der Waals surface area contributed by atoms with E-state index in [9.17, 15) is 4.79 Å². The molecule has 0 spiro atoms. The summed E-state index contributed by atoms with van der Waals surface area (Å²) in [6, 6.07) is 8.15. The molecule has 1 N–H and O–H groups in total. The van der Waals surface area contributed by atoms with Gasteiger partial charge in [-0.15, -0.1) is 0 Å². The first-order chi connectivity index (χ1) is 7.68. The molecule has 1 aromatic carbocycles. The average molecular weight is 215 g/mol. The Hall–Kier alpha value is -1.77. The van der Waals surface area contributed by atoms with Crippen LogP contribution < -0.4 is 0 Å². The van der Waals surface area contributed by atoms with E-state index in [1.165, 1.54) is 16.5 Å². The van der Waals surface area contributed by atoms with E-state index in [1.807, 2.05) is 19.2 Å². The summed E-state index contributed by atoms with van der Waals surface area (Å²) in [5, 5.41) is 10.2. The zero-order valence-electron chi connectivity index (χ0n) is 9.05. The fraction of sp³-hybridized carbons (Fsp3) is 0.308. The maximum atomic E-state index is 10.9. The molecule has 2 aromatic rings. The Bertz CT molecular complexity index is 570. The zero-order valence-corrected chi connectivity index (χ0v) is 9.05. The number of aliphatic carboxylic acids is 1. The Labute approximate surface area is 93.3 Å². The third-order valence-electron chi connectivity index (χ3n) is 3.43. The van der Waals surface area contributed by atoms with Gasteiger partial charge in [0.25, 0.3) is 0 Å². The highest BCUT2D eigenvalue weighted by atomic mass is 16.4. The number of hydrogen-bond donors (Lipinski definition) is 1. The lowest BCUT2D eigenvalue weighted by molar-refractivity contribution is -0.138. The van der Waals surface area contributed by atoms with Gasteiger partial charge in [0.05, 0.1) is 5.92 Å². The van der Waals surface area contributed by atoms with Gasteiger partial charge in [-0.3, -0.25) is 4.79 Å². The second-order valence-electron chi connectivity index (χ2n) is 4.50. The highest BCUT2D eigenvalue weighted by Crippen LogP contribution is 2.49. The Morgan fingerprint density at radius 1 is 1.44 bits per heavy atom. The fourth-order valence-electron chi connectivity index (χ4n) is 2.48. The maximum absolute atomic E-state index is 10.9. The molecule has 16 heavy (non-hydrogen) atoms. The predicted molar refractivity (Wildman–Crippen MR) is 61.4 cm³/mol. The van der Waals surface area contributed by atoms with E-state index in [0.29, 0.717) is 0 Å². The quantitative estimate of drug-likeness (QED) is 0.835. The van der Waals surface area contributed by atoms with Crippen LogP contribution in [-0.2, 0) is 11.8 Å². The summed E-state index contributed by atoms with van der Waals surface area (Å²) in [6.07, 6.45) is 2.85. The van der Waals surface area contributed by atoms with Crippen LogP contribution in [0.2, 0.25) is 0 Å². The van der Waals surface area contributed by atoms with Crippen LogP contribution in [0.15, 0.2) is 30.5 Å². The van der Waals surface area contributed by atoms with E-state index in [0.717, 1.165) is 6.42 Å². The average Bonchev–Trinajstić information content (AvgIpc) is 3.00. The smallest absolute Gasteiger partial charge is 0.307 e. The summed E-state index contributed by atoms with van der Waals surface area (Å²) < 4.78 is 2.07. The molecule has 3 heteroatoms. The predicted octanol–water partition coefficient (Wildman–Crippen LogP) is 2.37. The highest BCUT2D eigenvalue weighted by molar-refractivity contribution is 5.86. The minimum absolute atomic E-state index is 0.175. The van der Waals surface area contributed by atoms with Gasteiger partial charge in [0.15, 0.2) is 0 Å². The van der Waals surface area contributed by atoms with Gasteiger partial charge in [-0.2, -0.15) is 0 Å². The van der Waals surface area contributed by atoms with Gasteiger partial charge in [-0.05, 0) is 18.1 Å². The monoisotopic (exact) mass is 215 g/mol. The van der Waals surface area contributed by atoms with Crippen LogP contribution in [0.3, 0.4) is 0 Å². The molecule has 1 aromatic heterocycles. The van der Waals surface area contributed by atoms with Gasteiger partial charge in [-0.25, -0.2) is 0 Å². The second-order valence-corrected chi connectivity index (χ2v) is 4.50. The van der Waals surface area contributed by atoms with Crippen LogP contribution in [0.5, 0.6) is 0 Å². The first kappa shape index (κ1) is 9.46. The van der Waals surface area contributed by atoms with Crippen molar-refractivity contribution in [3.8, 4) is 0 Å². The standard InChI is InChI=1S/C13H13NO2/c1-14-7-11(9-6-10(9)13(15)16)8-4-2-3-5-12(8)14/h2-5,7,9-10H,6H2,1H3,(H,15,16)/t9-,10-/m1/s1. The molecule has 0 amide bonds. The highest BCUT2D eigenvalue weighted by Gasteiger charge is 2.45. The third kappa shape index (κ3) is 1.24. The van der Waals surface area contributed by atoms with Gasteiger partial charge in [0.2, 0.25) is 0 Å². The molecule has 1 aliphatic carbocycles. The number of carboxylic acid groups (broad SMARTS) is 1. The Balaban J connectivity index is 2.09. The molecule has 3 nitrogen and oxygen atoms in total. The summed E-state index contributed by atoms with van der Waals surface area (Å²) in [5.74, 6) is -0.632. The Kier molecular flexibility index (Phi) is 1.84. The molecular formula is C13H13NO2. The van der Waals surface area contributed by atoms with Crippen molar-refractivity contribution in [1.82, 2.24) is 4.57 Å². The van der Waals surface area contributed by atoms with Crippen molar-refractivity contribution in [2.75, 3.05) is 0 Å². The zero-order chi connectivity index (χ0) is 11.3. The minimum atomic E-state index is -0.669. The number of aromatic nitrogens is 1. The molecule has 2 atom stereocenters. The van der Waals surface area contributed by atoms with Crippen LogP contribution in [0, 0.1) is 5.92 Å². The van der Waals surface area contributed by atoms with Crippen LogP contribution >= 0.6 is 0 Å². The van der Waals surface area contributed by atoms with Crippen LogP contribution in [0.4, 0.5) is 0 Å². The van der Waals surface area contributed by atoms with Crippen molar-refractivity contribution in [2.24, 2.45) is 13.0 Å². The fourth-order valence-corrected chi connectivity index (χ4v) is 2.48. The number of carbonyl (C=O) groups is 1. The van der Waals surface area contributed by atoms with E-state index >= 15 is 0 Å². The lowest BCUT2D eigenvalue weighted by Crippen LogP contribution is -1.98. The molecule has 1 fully saturated rings. The van der Waals surface area contributed by atoms with E-state index in [-0.39, 0.29) is 11.8 Å². The molecule has 3 rings (SSSR count). The molecule has 1 saturated carbocycles. The minimum Gasteiger partial charge on any atom is -0.481 e. The summed E-state index contributed by atoms with van der Waals surface area (Å²) in [6.45, 7) is 0. The first-order valence-corrected chi connectivity index (χ1v) is 5.45. The number of benzene rings is 1. The number of hydrogen-bond acceptors (Lipinski definition) is 1. The third-order valence-corrected chi connectivity index (χ3v) is 3.43. The second kappa shape index (κ2) is 3.11. The summed E-state index contributed by atoms with van der Waals surface area (Å²) in [7, 11) is 2.00. The van der Waals surface area contributed by atoms with Crippen LogP contribution in [0.1, 0.15) is 17.9 Å². The summed E-state index contributed by atoms with van der Waals surface area (Å²) >= 11 is 0. The Morgan fingerprint density at radius 2 is 2.19 bits per heavy atom. The summed E-state index contributed by atoms with van der Waals surface area (Å²) in [4.78, 5) is 10.9. The van der Waals surface area contributed by atoms with E-state index in [2.05, 4.69) is 22.9 Å². The molecule has 1 aliphatic rings. The van der Waals surface area contributed by atoms with Crippen LogP contribution in [0.25, 0.3) is 10.9 Å². The number of para-hydroxylation sites is 1. The lowest BCUT2D eigenvalue weighted by atomic mass is 10.1.